The van der Waals surface area contributed by atoms with Crippen LogP contribution in [-0.4, -0.2) is 15.0 Å². The largest absolute Gasteiger partial charge is 0.453 e. The van der Waals surface area contributed by atoms with Crippen LogP contribution in [-0.2, 0) is 0 Å². The maximum absolute atomic E-state index is 6.41. The highest BCUT2D eigenvalue weighted by Crippen LogP contribution is 2.52. The number of benzene rings is 5. The van der Waals surface area contributed by atoms with Crippen molar-refractivity contribution in [1.29, 1.82) is 0 Å². The van der Waals surface area contributed by atoms with Crippen LogP contribution in [0.2, 0.25) is 0 Å². The molecule has 0 spiro atoms. The van der Waals surface area contributed by atoms with Gasteiger partial charge in [0.15, 0.2) is 22.3 Å². The molecule has 0 radical (unpaired) electrons. The number of para-hydroxylation sites is 3. The summed E-state index contributed by atoms with van der Waals surface area (Å²) in [5.41, 5.74) is 7.68. The number of anilines is 3. The van der Waals surface area contributed by atoms with Gasteiger partial charge in [-0.2, -0.15) is 0 Å². The molecule has 194 valence electrons. The average molecular weight is 547 g/mol. The van der Waals surface area contributed by atoms with Crippen LogP contribution in [0.1, 0.15) is 0 Å². The Morgan fingerprint density at radius 2 is 1.15 bits per heavy atom. The van der Waals surface area contributed by atoms with Crippen LogP contribution in [0, 0.1) is 0 Å². The lowest BCUT2D eigenvalue weighted by molar-refractivity contribution is 0.478. The van der Waals surface area contributed by atoms with Gasteiger partial charge >= 0.3 is 0 Å². The summed E-state index contributed by atoms with van der Waals surface area (Å²) in [5.74, 6) is 2.21. The summed E-state index contributed by atoms with van der Waals surface area (Å²) in [6, 6.07) is 45.1. The third-order valence-electron chi connectivity index (χ3n) is 7.11. The van der Waals surface area contributed by atoms with Crippen LogP contribution < -0.4 is 9.64 Å². The molecule has 41 heavy (non-hydrogen) atoms. The highest BCUT2D eigenvalue weighted by molar-refractivity contribution is 7.21. The number of nitrogens with zero attached hydrogens (tertiary/aromatic N) is 4. The molecule has 0 N–H and O–H groups in total. The van der Waals surface area contributed by atoms with Crippen LogP contribution in [0.4, 0.5) is 17.1 Å². The topological polar surface area (TPSA) is 51.1 Å². The summed E-state index contributed by atoms with van der Waals surface area (Å²) < 4.78 is 7.43. The van der Waals surface area contributed by atoms with E-state index in [0.29, 0.717) is 5.82 Å². The van der Waals surface area contributed by atoms with E-state index in [0.717, 1.165) is 66.3 Å². The average Bonchev–Trinajstić information content (AvgIpc) is 3.46. The van der Waals surface area contributed by atoms with Crippen molar-refractivity contribution in [1.82, 2.24) is 15.0 Å². The molecule has 0 fully saturated rings. The van der Waals surface area contributed by atoms with E-state index in [-0.39, 0.29) is 0 Å². The van der Waals surface area contributed by atoms with Crippen molar-refractivity contribution < 1.29 is 4.74 Å². The van der Waals surface area contributed by atoms with Crippen LogP contribution in [0.15, 0.2) is 133 Å². The molecule has 0 aliphatic carbocycles. The summed E-state index contributed by atoms with van der Waals surface area (Å²) in [6.07, 6.45) is 0. The van der Waals surface area contributed by atoms with E-state index in [1.807, 2.05) is 78.9 Å². The molecule has 5 aromatic carbocycles. The molecule has 0 bridgehead atoms. The first-order chi connectivity index (χ1) is 20.3. The highest BCUT2D eigenvalue weighted by atomic mass is 32.1. The van der Waals surface area contributed by atoms with E-state index in [2.05, 4.69) is 59.5 Å². The van der Waals surface area contributed by atoms with E-state index >= 15 is 0 Å². The number of aromatic nitrogens is 3. The molecule has 7 aromatic rings. The summed E-state index contributed by atoms with van der Waals surface area (Å²) in [5, 5.41) is 0.765. The van der Waals surface area contributed by atoms with Gasteiger partial charge in [-0.15, -0.1) is 11.3 Å². The van der Waals surface area contributed by atoms with Gasteiger partial charge < -0.3 is 9.64 Å². The Hall–Kier alpha value is -5.33. The molecule has 0 atom stereocenters. The van der Waals surface area contributed by atoms with Gasteiger partial charge in [-0.25, -0.2) is 15.0 Å². The Balaban J connectivity index is 1.29. The van der Waals surface area contributed by atoms with E-state index in [1.165, 1.54) is 0 Å². The van der Waals surface area contributed by atoms with Gasteiger partial charge in [0.25, 0.3) is 0 Å². The predicted octanol–water partition coefficient (Wildman–Crippen LogP) is 9.66. The Morgan fingerprint density at radius 1 is 0.537 bits per heavy atom. The normalized spacial score (nSPS) is 12.0. The van der Waals surface area contributed by atoms with Crippen molar-refractivity contribution in [2.75, 3.05) is 4.90 Å². The lowest BCUT2D eigenvalue weighted by Crippen LogP contribution is -2.15. The lowest BCUT2D eigenvalue weighted by Gasteiger charge is -2.32. The van der Waals surface area contributed by atoms with E-state index in [1.54, 1.807) is 11.3 Å². The number of ether oxygens (including phenoxy) is 1. The van der Waals surface area contributed by atoms with Gasteiger partial charge in [-0.3, -0.25) is 0 Å². The zero-order chi connectivity index (χ0) is 27.2. The molecular formula is C35H22N4OS. The monoisotopic (exact) mass is 546 g/mol. The van der Waals surface area contributed by atoms with E-state index in [9.17, 15) is 0 Å². The third-order valence-corrected chi connectivity index (χ3v) is 8.12. The van der Waals surface area contributed by atoms with Crippen LogP contribution in [0.5, 0.6) is 11.5 Å². The zero-order valence-electron chi connectivity index (χ0n) is 21.8. The minimum atomic E-state index is 0.605. The molecule has 1 aliphatic rings. The predicted molar refractivity (Wildman–Crippen MR) is 166 cm³/mol. The van der Waals surface area contributed by atoms with Crippen molar-refractivity contribution in [2.24, 2.45) is 0 Å². The first-order valence-corrected chi connectivity index (χ1v) is 14.2. The highest BCUT2D eigenvalue weighted by Gasteiger charge is 2.27. The smallest absolute Gasteiger partial charge is 0.189 e. The summed E-state index contributed by atoms with van der Waals surface area (Å²) >= 11 is 1.57. The standard InChI is InChI=1S/C35H22N4OS/c1-4-12-23(13-5-1)26-20-27(24-14-6-2-7-15-24)37-34(36-26)35-38-28-21-30-32(22-33(28)41-35)40-31-19-11-10-18-29(31)39(30)25-16-8-3-9-17-25/h1-22H. The quantitative estimate of drug-likeness (QED) is 0.220. The maximum Gasteiger partial charge on any atom is 0.189 e. The zero-order valence-corrected chi connectivity index (χ0v) is 22.6. The molecule has 0 saturated carbocycles. The minimum absolute atomic E-state index is 0.605. The Kier molecular flexibility index (Phi) is 5.57. The SMILES string of the molecule is c1ccc(-c2cc(-c3ccccc3)nc(-c3nc4cc5c(cc4s3)Oc3ccccc3N5c3ccccc3)n2)cc1. The van der Waals surface area contributed by atoms with Crippen LogP contribution in [0.3, 0.4) is 0 Å². The number of fused-ring (bicyclic) bond motifs is 3. The fourth-order valence-electron chi connectivity index (χ4n) is 5.18. The lowest BCUT2D eigenvalue weighted by atomic mass is 10.1. The summed E-state index contributed by atoms with van der Waals surface area (Å²) in [7, 11) is 0. The van der Waals surface area contributed by atoms with Crippen molar-refractivity contribution >= 4 is 38.6 Å². The van der Waals surface area contributed by atoms with Crippen LogP contribution in [0.25, 0.3) is 43.6 Å². The molecule has 8 rings (SSSR count). The van der Waals surface area contributed by atoms with Crippen molar-refractivity contribution in [3.63, 3.8) is 0 Å². The van der Waals surface area contributed by atoms with Crippen molar-refractivity contribution in [3.8, 4) is 44.8 Å². The fourth-order valence-corrected chi connectivity index (χ4v) is 6.09. The summed E-state index contributed by atoms with van der Waals surface area (Å²) in [4.78, 5) is 17.2. The molecule has 1 aliphatic heterocycles. The van der Waals surface area contributed by atoms with Gasteiger partial charge in [-0.05, 0) is 36.4 Å². The van der Waals surface area contributed by atoms with Gasteiger partial charge in [0, 0.05) is 22.9 Å². The third kappa shape index (κ3) is 4.22. The second-order valence-electron chi connectivity index (χ2n) is 9.74. The molecule has 2 aromatic heterocycles. The Labute approximate surface area is 241 Å². The first kappa shape index (κ1) is 23.5. The second kappa shape index (κ2) is 9.70. The van der Waals surface area contributed by atoms with E-state index in [4.69, 9.17) is 19.7 Å². The van der Waals surface area contributed by atoms with Gasteiger partial charge in [0.05, 0.1) is 33.0 Å². The number of hydrogen-bond acceptors (Lipinski definition) is 6. The number of hydrogen-bond donors (Lipinski definition) is 0. The molecule has 5 nitrogen and oxygen atoms in total. The molecule has 0 saturated heterocycles. The molecule has 0 amide bonds. The summed E-state index contributed by atoms with van der Waals surface area (Å²) in [6.45, 7) is 0. The van der Waals surface area contributed by atoms with Gasteiger partial charge in [0.1, 0.15) is 0 Å². The first-order valence-electron chi connectivity index (χ1n) is 13.4. The molecular weight excluding hydrogens is 524 g/mol. The van der Waals surface area contributed by atoms with Crippen molar-refractivity contribution in [2.45, 2.75) is 0 Å². The number of thiazole rings is 1. The second-order valence-corrected chi connectivity index (χ2v) is 10.8. The molecule has 0 unspecified atom stereocenters. The van der Waals surface area contributed by atoms with Crippen LogP contribution >= 0.6 is 11.3 Å². The van der Waals surface area contributed by atoms with Gasteiger partial charge in [-0.1, -0.05) is 91.0 Å². The Bertz CT molecular complexity index is 1970. The van der Waals surface area contributed by atoms with E-state index < -0.39 is 0 Å². The Morgan fingerprint density at radius 3 is 1.83 bits per heavy atom. The molecule has 6 heteroatoms. The number of rotatable bonds is 4. The minimum Gasteiger partial charge on any atom is -0.453 e. The molecule has 3 heterocycles. The van der Waals surface area contributed by atoms with Gasteiger partial charge in [0.2, 0.25) is 0 Å². The maximum atomic E-state index is 6.41. The fraction of sp³-hybridized carbons (Fsp3) is 0. The van der Waals surface area contributed by atoms with Crippen molar-refractivity contribution in [3.05, 3.63) is 133 Å².